The van der Waals surface area contributed by atoms with Crippen LogP contribution in [0.1, 0.15) is 33.1 Å². The Kier molecular flexibility index (Phi) is 11.2. The van der Waals surface area contributed by atoms with E-state index in [0.29, 0.717) is 67.7 Å². The molecule has 3 heterocycles. The zero-order valence-corrected chi connectivity index (χ0v) is 27.0. The Morgan fingerprint density at radius 3 is 2.38 bits per heavy atom. The number of hydrogen-bond donors (Lipinski definition) is 4. The molecule has 4 N–H and O–H groups in total. The number of urea groups is 1. The average Bonchev–Trinajstić information content (AvgIpc) is 3.50. The lowest BCUT2D eigenvalue weighted by Gasteiger charge is -2.35. The second-order valence-corrected chi connectivity index (χ2v) is 12.2. The number of aliphatic hydroxyl groups excluding tert-OH is 3. The molecule has 0 aliphatic carbocycles. The van der Waals surface area contributed by atoms with Gasteiger partial charge in [-0.25, -0.2) is 14.8 Å². The molecule has 14 nitrogen and oxygen atoms in total. The lowest BCUT2D eigenvalue weighted by atomic mass is 10.1. The van der Waals surface area contributed by atoms with Crippen molar-refractivity contribution in [1.29, 1.82) is 0 Å². The van der Waals surface area contributed by atoms with Crippen LogP contribution in [0.5, 0.6) is 17.2 Å². The monoisotopic (exact) mass is 652 g/mol. The number of amides is 3. The van der Waals surface area contributed by atoms with Crippen molar-refractivity contribution in [3.05, 3.63) is 42.7 Å². The minimum atomic E-state index is -1.05. The number of nitrogens with one attached hydrogen (secondary N) is 1. The van der Waals surface area contributed by atoms with Gasteiger partial charge in [-0.2, -0.15) is 0 Å². The molecule has 3 amide bonds. The number of likely N-dealkylation sites (tertiary alicyclic amines) is 1. The number of rotatable bonds is 12. The van der Waals surface area contributed by atoms with E-state index in [0.717, 1.165) is 11.1 Å². The standard InChI is InChI=1S/C33H44N6O8/c1-21(2)47-26-6-4-22(5-7-26)36-33(44)38-12-10-37(11-13-38)32-27-16-29(45-3)30(17-28(27)34-20-35-32)46-19-25(42)14-24(41)15-31(43)39-9-8-23(40)18-39/h4-7,16-17,20-21,23-25,40-42H,8-15,18-19H2,1-3H3,(H,36,44). The number of nitrogens with zero attached hydrogens (tertiary/aromatic N) is 5. The summed E-state index contributed by atoms with van der Waals surface area (Å²) < 4.78 is 17.1. The van der Waals surface area contributed by atoms with E-state index in [4.69, 9.17) is 14.2 Å². The molecule has 2 aromatic carbocycles. The molecular formula is C33H44N6O8. The number of fused-ring (bicyclic) bond motifs is 1. The van der Waals surface area contributed by atoms with Crippen LogP contribution < -0.4 is 24.4 Å². The molecule has 0 bridgehead atoms. The summed E-state index contributed by atoms with van der Waals surface area (Å²) in [5.74, 6) is 1.99. The molecule has 2 aliphatic rings. The topological polar surface area (TPSA) is 170 Å². The van der Waals surface area contributed by atoms with Crippen molar-refractivity contribution in [2.45, 2.75) is 57.5 Å². The molecule has 254 valence electrons. The Hall–Kier alpha value is -4.40. The Bertz CT molecular complexity index is 1520. The zero-order chi connectivity index (χ0) is 33.5. The van der Waals surface area contributed by atoms with E-state index in [1.165, 1.54) is 18.3 Å². The predicted molar refractivity (Wildman–Crippen MR) is 175 cm³/mol. The molecule has 47 heavy (non-hydrogen) atoms. The number of carbonyl (C=O) groups excluding carboxylic acids is 2. The number of methoxy groups -OCH3 is 1. The Labute approximate surface area is 273 Å². The first-order chi connectivity index (χ1) is 22.6. The summed E-state index contributed by atoms with van der Waals surface area (Å²) in [6.45, 7) is 6.65. The summed E-state index contributed by atoms with van der Waals surface area (Å²) in [5, 5.41) is 34.2. The van der Waals surface area contributed by atoms with Gasteiger partial charge in [0.05, 0.1) is 43.5 Å². The summed E-state index contributed by atoms with van der Waals surface area (Å²) in [7, 11) is 1.51. The van der Waals surface area contributed by atoms with Gasteiger partial charge >= 0.3 is 6.03 Å². The number of β-amino-alcohol motifs (C(OH)–C–C–N with tert-alkyl or cyclic N) is 1. The molecule has 5 rings (SSSR count). The highest BCUT2D eigenvalue weighted by molar-refractivity contribution is 5.92. The van der Waals surface area contributed by atoms with Crippen LogP contribution in [0.15, 0.2) is 42.7 Å². The van der Waals surface area contributed by atoms with Crippen LogP contribution in [0, 0.1) is 0 Å². The third-order valence-electron chi connectivity index (χ3n) is 8.15. The van der Waals surface area contributed by atoms with E-state index in [-0.39, 0.29) is 44.0 Å². The van der Waals surface area contributed by atoms with Crippen molar-refractivity contribution in [2.75, 3.05) is 63.2 Å². The van der Waals surface area contributed by atoms with Gasteiger partial charge in [-0.05, 0) is 50.6 Å². The van der Waals surface area contributed by atoms with Gasteiger partial charge in [0, 0.05) is 62.8 Å². The van der Waals surface area contributed by atoms with Crippen molar-refractivity contribution in [1.82, 2.24) is 19.8 Å². The first-order valence-corrected chi connectivity index (χ1v) is 15.9. The molecule has 2 fully saturated rings. The number of hydrogen-bond acceptors (Lipinski definition) is 11. The van der Waals surface area contributed by atoms with E-state index in [1.54, 1.807) is 17.0 Å². The number of aromatic nitrogens is 2. The fraction of sp³-hybridized carbons (Fsp3) is 0.515. The Morgan fingerprint density at radius 2 is 1.72 bits per heavy atom. The lowest BCUT2D eigenvalue weighted by molar-refractivity contribution is -0.133. The summed E-state index contributed by atoms with van der Waals surface area (Å²) >= 11 is 0. The third kappa shape index (κ3) is 8.90. The molecule has 14 heteroatoms. The van der Waals surface area contributed by atoms with Gasteiger partial charge in [-0.15, -0.1) is 0 Å². The SMILES string of the molecule is COc1cc2c(N3CCN(C(=O)Nc4ccc(OC(C)C)cc4)CC3)ncnc2cc1OCC(O)CC(O)CC(=O)N1CCC(O)C1. The average molecular weight is 653 g/mol. The minimum absolute atomic E-state index is 0.0477. The molecule has 1 aromatic heterocycles. The lowest BCUT2D eigenvalue weighted by Crippen LogP contribution is -2.50. The molecule has 3 aromatic rings. The van der Waals surface area contributed by atoms with Crippen molar-refractivity contribution in [2.24, 2.45) is 0 Å². The van der Waals surface area contributed by atoms with E-state index in [1.807, 2.05) is 38.1 Å². The van der Waals surface area contributed by atoms with Crippen LogP contribution in [0.3, 0.4) is 0 Å². The van der Waals surface area contributed by atoms with Gasteiger partial charge in [0.1, 0.15) is 24.5 Å². The van der Waals surface area contributed by atoms with Gasteiger partial charge in [-0.1, -0.05) is 0 Å². The Balaban J connectivity index is 1.15. The van der Waals surface area contributed by atoms with E-state index in [2.05, 4.69) is 20.2 Å². The van der Waals surface area contributed by atoms with Gasteiger partial charge < -0.3 is 49.5 Å². The highest BCUT2D eigenvalue weighted by atomic mass is 16.5. The maximum atomic E-state index is 12.9. The summed E-state index contributed by atoms with van der Waals surface area (Å²) in [4.78, 5) is 39.6. The second-order valence-electron chi connectivity index (χ2n) is 12.2. The van der Waals surface area contributed by atoms with Crippen LogP contribution in [0.25, 0.3) is 10.9 Å². The molecule has 3 atom stereocenters. The van der Waals surface area contributed by atoms with Crippen LogP contribution in [-0.2, 0) is 4.79 Å². The molecule has 2 saturated heterocycles. The number of carbonyl (C=O) groups is 2. The first-order valence-electron chi connectivity index (χ1n) is 15.9. The molecule has 0 spiro atoms. The minimum Gasteiger partial charge on any atom is -0.493 e. The van der Waals surface area contributed by atoms with Crippen molar-refractivity contribution < 1.29 is 39.1 Å². The molecule has 0 saturated carbocycles. The van der Waals surface area contributed by atoms with Gasteiger partial charge in [0.25, 0.3) is 0 Å². The quantitative estimate of drug-likeness (QED) is 0.226. The van der Waals surface area contributed by atoms with E-state index in [9.17, 15) is 24.9 Å². The first kappa shape index (κ1) is 33.9. The van der Waals surface area contributed by atoms with E-state index < -0.39 is 18.3 Å². The van der Waals surface area contributed by atoms with Crippen LogP contribution in [0.2, 0.25) is 0 Å². The van der Waals surface area contributed by atoms with Crippen LogP contribution >= 0.6 is 0 Å². The van der Waals surface area contributed by atoms with Gasteiger partial charge in [0.2, 0.25) is 5.91 Å². The van der Waals surface area contributed by atoms with E-state index >= 15 is 0 Å². The number of piperazine rings is 1. The Morgan fingerprint density at radius 1 is 0.979 bits per heavy atom. The van der Waals surface area contributed by atoms with Gasteiger partial charge in [0.15, 0.2) is 11.5 Å². The zero-order valence-electron chi connectivity index (χ0n) is 27.0. The fourth-order valence-corrected chi connectivity index (χ4v) is 5.74. The molecular weight excluding hydrogens is 608 g/mol. The molecule has 2 aliphatic heterocycles. The molecule has 0 radical (unpaired) electrons. The highest BCUT2D eigenvalue weighted by Crippen LogP contribution is 2.35. The smallest absolute Gasteiger partial charge is 0.321 e. The van der Waals surface area contributed by atoms with Crippen LogP contribution in [-0.4, -0.2) is 124 Å². The maximum absolute atomic E-state index is 12.9. The number of benzene rings is 2. The van der Waals surface area contributed by atoms with Crippen LogP contribution in [0.4, 0.5) is 16.3 Å². The fourth-order valence-electron chi connectivity index (χ4n) is 5.74. The largest absolute Gasteiger partial charge is 0.493 e. The summed E-state index contributed by atoms with van der Waals surface area (Å²) in [5.41, 5.74) is 1.31. The number of ether oxygens (including phenoxy) is 3. The van der Waals surface area contributed by atoms with Crippen molar-refractivity contribution >= 4 is 34.3 Å². The maximum Gasteiger partial charge on any atom is 0.321 e. The molecule has 3 unspecified atom stereocenters. The van der Waals surface area contributed by atoms with Crippen molar-refractivity contribution in [3.8, 4) is 17.2 Å². The third-order valence-corrected chi connectivity index (χ3v) is 8.15. The number of aliphatic hydroxyl groups is 3. The van der Waals surface area contributed by atoms with Gasteiger partial charge in [-0.3, -0.25) is 4.79 Å². The predicted octanol–water partition coefficient (Wildman–Crippen LogP) is 2.25. The second kappa shape index (κ2) is 15.5. The highest BCUT2D eigenvalue weighted by Gasteiger charge is 2.27. The van der Waals surface area contributed by atoms with Crippen molar-refractivity contribution in [3.63, 3.8) is 0 Å². The summed E-state index contributed by atoms with van der Waals surface area (Å²) in [6, 6.07) is 10.6. The normalized spacial score (nSPS) is 17.9. The summed E-state index contributed by atoms with van der Waals surface area (Å²) in [6.07, 6.45) is -0.719. The number of anilines is 2.